The minimum absolute atomic E-state index is 0.0597. The quantitative estimate of drug-likeness (QED) is 0.464. The topological polar surface area (TPSA) is 61.4 Å². The number of rotatable bonds is 4. The smallest absolute Gasteiger partial charge is 0.321 e. The average molecular weight is 452 g/mol. The Balaban J connectivity index is 1.30. The third-order valence-corrected chi connectivity index (χ3v) is 6.43. The molecule has 0 unspecified atom stereocenters. The van der Waals surface area contributed by atoms with Crippen molar-refractivity contribution in [3.63, 3.8) is 0 Å². The van der Waals surface area contributed by atoms with Gasteiger partial charge < -0.3 is 15.1 Å². The average Bonchev–Trinajstić information content (AvgIpc) is 2.86. The Bertz CT molecular complexity index is 1310. The lowest BCUT2D eigenvalue weighted by Gasteiger charge is -2.36. The van der Waals surface area contributed by atoms with E-state index < -0.39 is 0 Å². The van der Waals surface area contributed by atoms with Gasteiger partial charge in [-0.2, -0.15) is 0 Å². The highest BCUT2D eigenvalue weighted by molar-refractivity contribution is 6.01. The van der Waals surface area contributed by atoms with Gasteiger partial charge in [-0.3, -0.25) is 0 Å². The number of anilines is 2. The van der Waals surface area contributed by atoms with Crippen molar-refractivity contribution in [1.29, 1.82) is 0 Å². The van der Waals surface area contributed by atoms with E-state index in [1.807, 2.05) is 48.2 Å². The number of hydrogen-bond donors (Lipinski definition) is 1. The van der Waals surface area contributed by atoms with Crippen molar-refractivity contribution in [2.45, 2.75) is 20.3 Å². The summed E-state index contributed by atoms with van der Waals surface area (Å²) in [7, 11) is 0. The maximum atomic E-state index is 13.0. The zero-order valence-electron chi connectivity index (χ0n) is 19.7. The maximum absolute atomic E-state index is 13.0. The number of urea groups is 1. The molecule has 5 rings (SSSR count). The van der Waals surface area contributed by atoms with Crippen LogP contribution < -0.4 is 10.2 Å². The first-order chi connectivity index (χ1) is 16.6. The van der Waals surface area contributed by atoms with Gasteiger partial charge >= 0.3 is 6.03 Å². The highest BCUT2D eigenvalue weighted by Crippen LogP contribution is 2.26. The number of amides is 2. The van der Waals surface area contributed by atoms with Crippen LogP contribution >= 0.6 is 0 Å². The number of nitrogens with zero attached hydrogens (tertiary/aromatic N) is 4. The largest absolute Gasteiger partial charge is 0.353 e. The maximum Gasteiger partial charge on any atom is 0.321 e. The van der Waals surface area contributed by atoms with Crippen molar-refractivity contribution in [1.82, 2.24) is 14.9 Å². The zero-order chi connectivity index (χ0) is 23.5. The molecule has 1 aromatic heterocycles. The summed E-state index contributed by atoms with van der Waals surface area (Å²) in [4.78, 5) is 26.7. The molecule has 3 aromatic carbocycles. The Morgan fingerprint density at radius 2 is 1.56 bits per heavy atom. The fourth-order valence-corrected chi connectivity index (χ4v) is 4.64. The molecule has 4 aromatic rings. The highest BCUT2D eigenvalue weighted by atomic mass is 16.2. The number of benzene rings is 3. The van der Waals surface area contributed by atoms with E-state index in [9.17, 15) is 4.79 Å². The summed E-state index contributed by atoms with van der Waals surface area (Å²) < 4.78 is 0. The molecule has 0 aliphatic carbocycles. The molecule has 2 heterocycles. The molecule has 0 radical (unpaired) electrons. The molecule has 2 amide bonds. The van der Waals surface area contributed by atoms with Crippen molar-refractivity contribution in [2.24, 2.45) is 0 Å². The summed E-state index contributed by atoms with van der Waals surface area (Å²) >= 11 is 0. The van der Waals surface area contributed by atoms with Crippen molar-refractivity contribution in [3.05, 3.63) is 95.4 Å². The fourth-order valence-electron chi connectivity index (χ4n) is 4.64. The Kier molecular flexibility index (Phi) is 6.12. The molecule has 0 spiro atoms. The van der Waals surface area contributed by atoms with Crippen LogP contribution in [0.2, 0.25) is 0 Å². The number of hydrogen-bond acceptors (Lipinski definition) is 4. The van der Waals surface area contributed by atoms with Crippen molar-refractivity contribution in [2.75, 3.05) is 36.4 Å². The zero-order valence-corrected chi connectivity index (χ0v) is 19.7. The predicted octanol–water partition coefficient (Wildman–Crippen LogP) is 5.19. The van der Waals surface area contributed by atoms with Gasteiger partial charge in [-0.1, -0.05) is 66.7 Å². The van der Waals surface area contributed by atoms with Gasteiger partial charge in [0.05, 0.1) is 5.69 Å². The Labute approximate surface area is 200 Å². The van der Waals surface area contributed by atoms with E-state index >= 15 is 0 Å². The number of piperazine rings is 1. The second kappa shape index (κ2) is 9.51. The molecule has 34 heavy (non-hydrogen) atoms. The van der Waals surface area contributed by atoms with E-state index in [0.717, 1.165) is 58.9 Å². The molecule has 0 saturated carbocycles. The number of aryl methyl sites for hydroxylation is 2. The highest BCUT2D eigenvalue weighted by Gasteiger charge is 2.25. The Morgan fingerprint density at radius 1 is 0.853 bits per heavy atom. The van der Waals surface area contributed by atoms with Crippen LogP contribution in [-0.2, 0) is 6.42 Å². The number of fused-ring (bicyclic) bond motifs is 1. The first-order valence-electron chi connectivity index (χ1n) is 11.7. The van der Waals surface area contributed by atoms with Gasteiger partial charge in [0.1, 0.15) is 11.6 Å². The number of carbonyl (C=O) groups excluding carboxylic acids is 1. The van der Waals surface area contributed by atoms with Crippen LogP contribution in [0.15, 0.2) is 72.8 Å². The number of carbonyl (C=O) groups is 1. The van der Waals surface area contributed by atoms with Crippen LogP contribution in [-0.4, -0.2) is 47.1 Å². The molecule has 1 fully saturated rings. The van der Waals surface area contributed by atoms with Crippen molar-refractivity contribution in [3.8, 4) is 0 Å². The van der Waals surface area contributed by atoms with E-state index in [-0.39, 0.29) is 6.03 Å². The van der Waals surface area contributed by atoms with Crippen LogP contribution in [0, 0.1) is 13.8 Å². The summed E-state index contributed by atoms with van der Waals surface area (Å²) in [5.41, 5.74) is 4.26. The predicted molar refractivity (Wildman–Crippen MR) is 138 cm³/mol. The van der Waals surface area contributed by atoms with Gasteiger partial charge in [0.2, 0.25) is 0 Å². The standard InChI is InChI=1S/C28H29N5O/c1-20-25(19-22-9-4-3-5-10-22)27(30-21(2)29-20)32-15-17-33(18-16-32)28(34)31-26-14-8-12-23-11-6-7-13-24(23)26/h3-14H,15-19H2,1-2H3,(H,31,34). The SMILES string of the molecule is Cc1nc(C)c(Cc2ccccc2)c(N2CCN(C(=O)Nc3cccc4ccccc34)CC2)n1. The Morgan fingerprint density at radius 3 is 2.35 bits per heavy atom. The van der Waals surface area contributed by atoms with Crippen LogP contribution in [0.3, 0.4) is 0 Å². The van der Waals surface area contributed by atoms with Gasteiger partial charge in [0, 0.05) is 49.2 Å². The van der Waals surface area contributed by atoms with E-state index in [1.54, 1.807) is 0 Å². The third kappa shape index (κ3) is 4.57. The van der Waals surface area contributed by atoms with Gasteiger partial charge in [0.25, 0.3) is 0 Å². The van der Waals surface area contributed by atoms with Crippen LogP contribution in [0.25, 0.3) is 10.8 Å². The molecular weight excluding hydrogens is 422 g/mol. The number of aromatic nitrogens is 2. The van der Waals surface area contributed by atoms with E-state index in [4.69, 9.17) is 4.98 Å². The molecule has 1 N–H and O–H groups in total. The molecular formula is C28H29N5O. The summed E-state index contributed by atoms with van der Waals surface area (Å²) in [6.07, 6.45) is 0.796. The summed E-state index contributed by atoms with van der Waals surface area (Å²) in [5, 5.41) is 5.28. The molecule has 1 aliphatic heterocycles. The lowest BCUT2D eigenvalue weighted by Crippen LogP contribution is -2.50. The molecule has 172 valence electrons. The first kappa shape index (κ1) is 21.9. The lowest BCUT2D eigenvalue weighted by molar-refractivity contribution is 0.208. The van der Waals surface area contributed by atoms with Crippen LogP contribution in [0.4, 0.5) is 16.3 Å². The monoisotopic (exact) mass is 451 g/mol. The second-order valence-corrected chi connectivity index (χ2v) is 8.75. The van der Waals surface area contributed by atoms with Gasteiger partial charge in [-0.15, -0.1) is 0 Å². The second-order valence-electron chi connectivity index (χ2n) is 8.75. The molecule has 1 saturated heterocycles. The normalized spacial score (nSPS) is 13.8. The van der Waals surface area contributed by atoms with Crippen LogP contribution in [0.1, 0.15) is 22.6 Å². The summed E-state index contributed by atoms with van der Waals surface area (Å²) in [6, 6.07) is 24.5. The van der Waals surface area contributed by atoms with Gasteiger partial charge in [0.15, 0.2) is 0 Å². The molecule has 1 aliphatic rings. The van der Waals surface area contributed by atoms with E-state index in [2.05, 4.69) is 58.5 Å². The van der Waals surface area contributed by atoms with Crippen LogP contribution in [0.5, 0.6) is 0 Å². The molecule has 6 heteroatoms. The minimum atomic E-state index is -0.0597. The number of nitrogens with one attached hydrogen (secondary N) is 1. The first-order valence-corrected chi connectivity index (χ1v) is 11.7. The van der Waals surface area contributed by atoms with Crippen molar-refractivity contribution >= 4 is 28.3 Å². The minimum Gasteiger partial charge on any atom is -0.353 e. The molecule has 0 atom stereocenters. The fraction of sp³-hybridized carbons (Fsp3) is 0.250. The summed E-state index contributed by atoms with van der Waals surface area (Å²) in [5.74, 6) is 1.77. The van der Waals surface area contributed by atoms with E-state index in [0.29, 0.717) is 13.1 Å². The van der Waals surface area contributed by atoms with Crippen molar-refractivity contribution < 1.29 is 4.79 Å². The van der Waals surface area contributed by atoms with Gasteiger partial charge in [-0.05, 0) is 30.9 Å². The lowest BCUT2D eigenvalue weighted by atomic mass is 10.0. The molecule has 6 nitrogen and oxygen atoms in total. The third-order valence-electron chi connectivity index (χ3n) is 6.43. The summed E-state index contributed by atoms with van der Waals surface area (Å²) in [6.45, 7) is 6.76. The van der Waals surface area contributed by atoms with Gasteiger partial charge in [-0.25, -0.2) is 14.8 Å². The molecule has 0 bridgehead atoms. The Hall–Kier alpha value is -3.93. The van der Waals surface area contributed by atoms with E-state index in [1.165, 1.54) is 5.56 Å².